The van der Waals surface area contributed by atoms with Crippen LogP contribution in [0.4, 0.5) is 5.82 Å². The van der Waals surface area contributed by atoms with Gasteiger partial charge in [0.1, 0.15) is 16.5 Å². The lowest BCUT2D eigenvalue weighted by Crippen LogP contribution is -2.23. The van der Waals surface area contributed by atoms with E-state index in [1.54, 1.807) is 11.8 Å². The SMILES string of the molecule is CCC(CSC)Nc1nc(Cl)ccc1C(=O)O. The molecule has 0 radical (unpaired) electrons. The van der Waals surface area contributed by atoms with Gasteiger partial charge < -0.3 is 10.4 Å². The summed E-state index contributed by atoms with van der Waals surface area (Å²) in [6.45, 7) is 2.04. The second-order valence-corrected chi connectivity index (χ2v) is 4.84. The van der Waals surface area contributed by atoms with Crippen molar-refractivity contribution >= 4 is 35.1 Å². The van der Waals surface area contributed by atoms with E-state index in [1.807, 2.05) is 13.2 Å². The highest BCUT2D eigenvalue weighted by molar-refractivity contribution is 7.98. The van der Waals surface area contributed by atoms with Crippen LogP contribution in [0.25, 0.3) is 0 Å². The molecule has 0 aliphatic carbocycles. The summed E-state index contributed by atoms with van der Waals surface area (Å²) in [5.74, 6) is 0.227. The fraction of sp³-hybridized carbons (Fsp3) is 0.455. The topological polar surface area (TPSA) is 62.2 Å². The van der Waals surface area contributed by atoms with Crippen LogP contribution in [0, 0.1) is 0 Å². The lowest BCUT2D eigenvalue weighted by molar-refractivity contribution is 0.0697. The molecular formula is C11H15ClN2O2S. The molecule has 17 heavy (non-hydrogen) atoms. The van der Waals surface area contributed by atoms with Gasteiger partial charge in [-0.15, -0.1) is 0 Å². The van der Waals surface area contributed by atoms with Gasteiger partial charge in [0, 0.05) is 11.8 Å². The van der Waals surface area contributed by atoms with E-state index in [1.165, 1.54) is 12.1 Å². The van der Waals surface area contributed by atoms with Crippen LogP contribution in [0.5, 0.6) is 0 Å². The van der Waals surface area contributed by atoms with Crippen molar-refractivity contribution in [2.45, 2.75) is 19.4 Å². The molecule has 0 spiro atoms. The normalized spacial score (nSPS) is 12.2. The van der Waals surface area contributed by atoms with E-state index in [2.05, 4.69) is 10.3 Å². The Hall–Kier alpha value is -0.940. The van der Waals surface area contributed by atoms with Gasteiger partial charge in [0.25, 0.3) is 0 Å². The molecule has 0 amide bonds. The summed E-state index contributed by atoms with van der Waals surface area (Å²) in [5.41, 5.74) is 0.147. The van der Waals surface area contributed by atoms with E-state index in [0.29, 0.717) is 5.82 Å². The van der Waals surface area contributed by atoms with Gasteiger partial charge in [0.2, 0.25) is 0 Å². The van der Waals surface area contributed by atoms with Crippen molar-refractivity contribution in [3.8, 4) is 0 Å². The van der Waals surface area contributed by atoms with Crippen molar-refractivity contribution in [2.24, 2.45) is 0 Å². The van der Waals surface area contributed by atoms with E-state index in [0.717, 1.165) is 12.2 Å². The van der Waals surface area contributed by atoms with Crippen molar-refractivity contribution < 1.29 is 9.90 Å². The first-order chi connectivity index (χ1) is 8.08. The number of carbonyl (C=O) groups is 1. The molecule has 4 nitrogen and oxygen atoms in total. The Kier molecular flexibility index (Phi) is 5.58. The van der Waals surface area contributed by atoms with Crippen molar-refractivity contribution in [1.29, 1.82) is 0 Å². The first-order valence-corrected chi connectivity index (χ1v) is 7.01. The number of hydrogen-bond donors (Lipinski definition) is 2. The van der Waals surface area contributed by atoms with E-state index in [9.17, 15) is 4.79 Å². The van der Waals surface area contributed by atoms with Crippen LogP contribution < -0.4 is 5.32 Å². The number of rotatable bonds is 6. The summed E-state index contributed by atoms with van der Waals surface area (Å²) in [5, 5.41) is 12.5. The number of nitrogens with one attached hydrogen (secondary N) is 1. The Labute approximate surface area is 110 Å². The fourth-order valence-corrected chi connectivity index (χ4v) is 2.24. The highest BCUT2D eigenvalue weighted by Gasteiger charge is 2.15. The summed E-state index contributed by atoms with van der Waals surface area (Å²) in [6.07, 6.45) is 2.90. The van der Waals surface area contributed by atoms with Crippen LogP contribution in [0.2, 0.25) is 5.15 Å². The smallest absolute Gasteiger partial charge is 0.339 e. The Morgan fingerprint density at radius 2 is 2.35 bits per heavy atom. The molecular weight excluding hydrogens is 260 g/mol. The molecule has 1 heterocycles. The minimum atomic E-state index is -1.00. The van der Waals surface area contributed by atoms with Gasteiger partial charge in [0.15, 0.2) is 0 Å². The number of nitrogens with zero attached hydrogens (tertiary/aromatic N) is 1. The number of anilines is 1. The van der Waals surface area contributed by atoms with Crippen LogP contribution >= 0.6 is 23.4 Å². The summed E-state index contributed by atoms with van der Waals surface area (Å²) in [7, 11) is 0. The van der Waals surface area contributed by atoms with Crippen LogP contribution in [0.1, 0.15) is 23.7 Å². The minimum Gasteiger partial charge on any atom is -0.478 e. The number of aromatic carboxylic acids is 1. The lowest BCUT2D eigenvalue weighted by atomic mass is 10.2. The fourth-order valence-electron chi connectivity index (χ4n) is 1.37. The molecule has 0 aromatic carbocycles. The van der Waals surface area contributed by atoms with Gasteiger partial charge in [-0.2, -0.15) is 11.8 Å². The molecule has 0 saturated carbocycles. The lowest BCUT2D eigenvalue weighted by Gasteiger charge is -2.17. The Bertz CT molecular complexity index is 401. The second-order valence-electron chi connectivity index (χ2n) is 3.54. The Morgan fingerprint density at radius 1 is 1.65 bits per heavy atom. The molecule has 1 aromatic rings. The number of pyridine rings is 1. The van der Waals surface area contributed by atoms with Gasteiger partial charge in [-0.05, 0) is 24.8 Å². The van der Waals surface area contributed by atoms with Gasteiger partial charge >= 0.3 is 5.97 Å². The molecule has 0 aliphatic heterocycles. The van der Waals surface area contributed by atoms with Crippen molar-refractivity contribution in [3.05, 3.63) is 22.8 Å². The molecule has 0 aliphatic rings. The maximum atomic E-state index is 11.0. The van der Waals surface area contributed by atoms with E-state index in [4.69, 9.17) is 16.7 Å². The number of halogens is 1. The number of aromatic nitrogens is 1. The highest BCUT2D eigenvalue weighted by Crippen LogP contribution is 2.19. The molecule has 1 atom stereocenters. The second kappa shape index (κ2) is 6.71. The molecule has 1 unspecified atom stereocenters. The number of carboxylic acid groups (broad SMARTS) is 1. The van der Waals surface area contributed by atoms with E-state index >= 15 is 0 Å². The maximum Gasteiger partial charge on any atom is 0.339 e. The third kappa shape index (κ3) is 4.09. The summed E-state index contributed by atoms with van der Waals surface area (Å²) in [6, 6.07) is 3.13. The predicted molar refractivity (Wildman–Crippen MR) is 72.3 cm³/mol. The van der Waals surface area contributed by atoms with E-state index in [-0.39, 0.29) is 16.8 Å². The summed E-state index contributed by atoms with van der Waals surface area (Å²) in [4.78, 5) is 15.1. The Morgan fingerprint density at radius 3 is 2.88 bits per heavy atom. The minimum absolute atomic E-state index is 0.147. The van der Waals surface area contributed by atoms with Crippen LogP contribution in [-0.4, -0.2) is 34.1 Å². The van der Waals surface area contributed by atoms with Crippen LogP contribution in [0.3, 0.4) is 0 Å². The van der Waals surface area contributed by atoms with Crippen molar-refractivity contribution in [3.63, 3.8) is 0 Å². The average molecular weight is 275 g/mol. The largest absolute Gasteiger partial charge is 0.478 e. The molecule has 94 valence electrons. The van der Waals surface area contributed by atoms with Crippen LogP contribution in [0.15, 0.2) is 12.1 Å². The van der Waals surface area contributed by atoms with Gasteiger partial charge in [-0.1, -0.05) is 18.5 Å². The standard InChI is InChI=1S/C11H15ClN2O2S/c1-3-7(6-17-2)13-10-8(11(15)16)4-5-9(12)14-10/h4-5,7H,3,6H2,1-2H3,(H,13,14)(H,15,16). The molecule has 1 rings (SSSR count). The number of carboxylic acids is 1. The number of hydrogen-bond acceptors (Lipinski definition) is 4. The molecule has 0 saturated heterocycles. The predicted octanol–water partition coefficient (Wildman–Crippen LogP) is 2.99. The summed E-state index contributed by atoms with van der Waals surface area (Å²) >= 11 is 7.48. The zero-order chi connectivity index (χ0) is 12.8. The highest BCUT2D eigenvalue weighted by atomic mass is 35.5. The molecule has 0 fully saturated rings. The summed E-state index contributed by atoms with van der Waals surface area (Å²) < 4.78 is 0. The molecule has 6 heteroatoms. The molecule has 1 aromatic heterocycles. The maximum absolute atomic E-state index is 11.0. The van der Waals surface area contributed by atoms with Crippen molar-refractivity contribution in [1.82, 2.24) is 4.98 Å². The van der Waals surface area contributed by atoms with Crippen LogP contribution in [-0.2, 0) is 0 Å². The zero-order valence-corrected chi connectivity index (χ0v) is 11.3. The van der Waals surface area contributed by atoms with Gasteiger partial charge in [-0.3, -0.25) is 0 Å². The number of thioether (sulfide) groups is 1. The molecule has 0 bridgehead atoms. The zero-order valence-electron chi connectivity index (χ0n) is 9.74. The molecule has 2 N–H and O–H groups in total. The van der Waals surface area contributed by atoms with Gasteiger partial charge in [-0.25, -0.2) is 9.78 Å². The average Bonchev–Trinajstić information content (AvgIpc) is 2.28. The van der Waals surface area contributed by atoms with Gasteiger partial charge in [0.05, 0.1) is 0 Å². The quantitative estimate of drug-likeness (QED) is 0.781. The monoisotopic (exact) mass is 274 g/mol. The first-order valence-electron chi connectivity index (χ1n) is 5.23. The van der Waals surface area contributed by atoms with Crippen molar-refractivity contribution in [2.75, 3.05) is 17.3 Å². The third-order valence-electron chi connectivity index (χ3n) is 2.29. The first kappa shape index (κ1) is 14.1. The Balaban J connectivity index is 2.94. The third-order valence-corrected chi connectivity index (χ3v) is 3.24. The van der Waals surface area contributed by atoms with E-state index < -0.39 is 5.97 Å².